The van der Waals surface area contributed by atoms with Gasteiger partial charge >= 0.3 is 12.0 Å². The Kier molecular flexibility index (Phi) is 3.73. The van der Waals surface area contributed by atoms with Crippen molar-refractivity contribution < 1.29 is 19.4 Å². The molecule has 2 amide bonds. The normalized spacial score (nSPS) is 21.6. The molecule has 1 atom stereocenters. The summed E-state index contributed by atoms with van der Waals surface area (Å²) in [6, 6.07) is -0.396. The fourth-order valence-corrected chi connectivity index (χ4v) is 2.05. The first-order valence-electron chi connectivity index (χ1n) is 6.09. The van der Waals surface area contributed by atoms with E-state index in [4.69, 9.17) is 9.84 Å². The topological polar surface area (TPSA) is 105 Å². The molecule has 1 aromatic heterocycles. The Bertz CT molecular complexity index is 536. The summed E-state index contributed by atoms with van der Waals surface area (Å²) in [6.45, 7) is 2.19. The molecular formula is C12H16N4O4. The van der Waals surface area contributed by atoms with Crippen molar-refractivity contribution in [3.8, 4) is 5.75 Å². The first-order valence-corrected chi connectivity index (χ1v) is 6.09. The fraction of sp³-hybridized carbons (Fsp3) is 0.500. The van der Waals surface area contributed by atoms with E-state index in [1.807, 2.05) is 0 Å². The van der Waals surface area contributed by atoms with Crippen LogP contribution in [0.3, 0.4) is 0 Å². The lowest BCUT2D eigenvalue weighted by Crippen LogP contribution is -2.37. The van der Waals surface area contributed by atoms with Gasteiger partial charge in [0.25, 0.3) is 0 Å². The van der Waals surface area contributed by atoms with Crippen LogP contribution in [-0.4, -0.2) is 52.2 Å². The summed E-state index contributed by atoms with van der Waals surface area (Å²) in [5, 5.41) is 11.7. The molecular weight excluding hydrogens is 264 g/mol. The Balaban J connectivity index is 2.05. The number of hydrogen-bond donors (Lipinski definition) is 2. The van der Waals surface area contributed by atoms with E-state index in [1.165, 1.54) is 24.5 Å². The number of nitrogens with one attached hydrogen (secondary N) is 1. The number of likely N-dealkylation sites (tertiary alicyclic amines) is 1. The third-order valence-corrected chi connectivity index (χ3v) is 3.40. The summed E-state index contributed by atoms with van der Waals surface area (Å²) in [5.74, 6) is -0.287. The number of carbonyl (C=O) groups excluding carboxylic acids is 1. The number of aromatic nitrogens is 2. The Morgan fingerprint density at radius 1 is 1.55 bits per heavy atom. The predicted molar refractivity (Wildman–Crippen MR) is 69.5 cm³/mol. The molecule has 1 saturated heterocycles. The molecule has 8 nitrogen and oxygen atoms in total. The Morgan fingerprint density at radius 2 is 2.30 bits per heavy atom. The monoisotopic (exact) mass is 280 g/mol. The zero-order valence-electron chi connectivity index (χ0n) is 11.3. The molecule has 0 aliphatic carbocycles. The van der Waals surface area contributed by atoms with Crippen LogP contribution in [0.25, 0.3) is 0 Å². The van der Waals surface area contributed by atoms with Gasteiger partial charge in [0.2, 0.25) is 0 Å². The van der Waals surface area contributed by atoms with Gasteiger partial charge in [0.15, 0.2) is 11.6 Å². The number of rotatable bonds is 3. The van der Waals surface area contributed by atoms with E-state index in [9.17, 15) is 9.59 Å². The highest BCUT2D eigenvalue weighted by Gasteiger charge is 2.42. The van der Waals surface area contributed by atoms with Crippen molar-refractivity contribution in [1.29, 1.82) is 0 Å². The van der Waals surface area contributed by atoms with E-state index >= 15 is 0 Å². The average molecular weight is 280 g/mol. The molecule has 2 rings (SSSR count). The second kappa shape index (κ2) is 5.32. The minimum atomic E-state index is -0.896. The number of nitrogens with zero attached hydrogens (tertiary/aromatic N) is 3. The third-order valence-electron chi connectivity index (χ3n) is 3.40. The minimum absolute atomic E-state index is 0.168. The summed E-state index contributed by atoms with van der Waals surface area (Å²) < 4.78 is 5.04. The van der Waals surface area contributed by atoms with E-state index < -0.39 is 17.4 Å². The van der Waals surface area contributed by atoms with Crippen LogP contribution in [0.1, 0.15) is 13.3 Å². The molecule has 0 saturated carbocycles. The number of carbonyl (C=O) groups is 2. The van der Waals surface area contributed by atoms with Crippen LogP contribution in [0.5, 0.6) is 5.75 Å². The van der Waals surface area contributed by atoms with Crippen molar-refractivity contribution >= 4 is 17.8 Å². The molecule has 1 unspecified atom stereocenters. The number of methoxy groups -OCH3 is 1. The maximum atomic E-state index is 12.1. The van der Waals surface area contributed by atoms with Crippen LogP contribution in [0.4, 0.5) is 10.6 Å². The predicted octanol–water partition coefficient (Wildman–Crippen LogP) is 0.814. The van der Waals surface area contributed by atoms with Crippen molar-refractivity contribution in [3.05, 3.63) is 12.5 Å². The van der Waals surface area contributed by atoms with Gasteiger partial charge in [-0.2, -0.15) is 0 Å². The Hall–Kier alpha value is -2.38. The highest BCUT2D eigenvalue weighted by molar-refractivity contribution is 5.90. The van der Waals surface area contributed by atoms with Crippen molar-refractivity contribution in [3.63, 3.8) is 0 Å². The van der Waals surface area contributed by atoms with E-state index in [0.29, 0.717) is 18.7 Å². The Labute approximate surface area is 115 Å². The van der Waals surface area contributed by atoms with Crippen LogP contribution in [0.2, 0.25) is 0 Å². The number of anilines is 1. The number of carboxylic acids is 1. The lowest BCUT2D eigenvalue weighted by molar-refractivity contribution is -0.146. The van der Waals surface area contributed by atoms with Gasteiger partial charge < -0.3 is 14.7 Å². The third kappa shape index (κ3) is 2.63. The number of hydrogen-bond acceptors (Lipinski definition) is 5. The molecule has 1 aromatic rings. The maximum Gasteiger partial charge on any atom is 0.323 e. The summed E-state index contributed by atoms with van der Waals surface area (Å²) in [4.78, 5) is 32.4. The van der Waals surface area contributed by atoms with Gasteiger partial charge in [-0.15, -0.1) is 0 Å². The van der Waals surface area contributed by atoms with Crippen LogP contribution in [0.15, 0.2) is 12.5 Å². The SMILES string of the molecule is COc1cncnc1NC(=O)N1CCC(C)(C(=O)O)C1. The van der Waals surface area contributed by atoms with E-state index in [1.54, 1.807) is 6.92 Å². The molecule has 0 bridgehead atoms. The molecule has 0 spiro atoms. The first-order chi connectivity index (χ1) is 9.46. The lowest BCUT2D eigenvalue weighted by Gasteiger charge is -2.20. The van der Waals surface area contributed by atoms with Gasteiger partial charge in [-0.1, -0.05) is 0 Å². The smallest absolute Gasteiger partial charge is 0.323 e. The molecule has 2 N–H and O–H groups in total. The van der Waals surface area contributed by atoms with Crippen LogP contribution >= 0.6 is 0 Å². The van der Waals surface area contributed by atoms with Gasteiger partial charge in [0.05, 0.1) is 18.7 Å². The number of aliphatic carboxylic acids is 1. The average Bonchev–Trinajstić information content (AvgIpc) is 2.83. The largest absolute Gasteiger partial charge is 0.491 e. The highest BCUT2D eigenvalue weighted by Crippen LogP contribution is 2.30. The molecule has 1 aliphatic heterocycles. The Morgan fingerprint density at radius 3 is 2.90 bits per heavy atom. The maximum absolute atomic E-state index is 12.1. The van der Waals surface area contributed by atoms with Gasteiger partial charge in [-0.25, -0.2) is 14.8 Å². The number of amides is 2. The summed E-state index contributed by atoms with van der Waals surface area (Å²) >= 11 is 0. The minimum Gasteiger partial charge on any atom is -0.491 e. The first kappa shape index (κ1) is 14.0. The van der Waals surface area contributed by atoms with Crippen LogP contribution in [-0.2, 0) is 4.79 Å². The molecule has 20 heavy (non-hydrogen) atoms. The van der Waals surface area contributed by atoms with Gasteiger partial charge in [0.1, 0.15) is 6.33 Å². The highest BCUT2D eigenvalue weighted by atomic mass is 16.5. The van der Waals surface area contributed by atoms with Gasteiger partial charge in [-0.3, -0.25) is 10.1 Å². The fourth-order valence-electron chi connectivity index (χ4n) is 2.05. The summed E-state index contributed by atoms with van der Waals surface area (Å²) in [6.07, 6.45) is 3.16. The van der Waals surface area contributed by atoms with Crippen LogP contribution in [0, 0.1) is 5.41 Å². The molecule has 0 aromatic carbocycles. The zero-order valence-corrected chi connectivity index (χ0v) is 11.3. The van der Waals surface area contributed by atoms with Crippen molar-refractivity contribution in [2.75, 3.05) is 25.5 Å². The number of carboxylic acid groups (broad SMARTS) is 1. The standard InChI is InChI=1S/C12H16N4O4/c1-12(10(17)18)3-4-16(6-12)11(19)15-9-8(20-2)5-13-7-14-9/h5,7H,3-4,6H2,1-2H3,(H,17,18)(H,13,14,15,19). The zero-order chi connectivity index (χ0) is 14.8. The van der Waals surface area contributed by atoms with E-state index in [-0.39, 0.29) is 12.4 Å². The molecule has 8 heteroatoms. The van der Waals surface area contributed by atoms with E-state index in [2.05, 4.69) is 15.3 Å². The quantitative estimate of drug-likeness (QED) is 0.849. The summed E-state index contributed by atoms with van der Waals surface area (Å²) in [7, 11) is 1.45. The van der Waals surface area contributed by atoms with E-state index in [0.717, 1.165) is 0 Å². The number of urea groups is 1. The second-order valence-corrected chi connectivity index (χ2v) is 4.91. The molecule has 108 valence electrons. The van der Waals surface area contributed by atoms with Crippen molar-refractivity contribution in [2.24, 2.45) is 5.41 Å². The van der Waals surface area contributed by atoms with Crippen LogP contribution < -0.4 is 10.1 Å². The van der Waals surface area contributed by atoms with Gasteiger partial charge in [-0.05, 0) is 13.3 Å². The van der Waals surface area contributed by atoms with Crippen molar-refractivity contribution in [2.45, 2.75) is 13.3 Å². The number of ether oxygens (including phenoxy) is 1. The lowest BCUT2D eigenvalue weighted by atomic mass is 9.90. The molecule has 2 heterocycles. The van der Waals surface area contributed by atoms with Crippen molar-refractivity contribution in [1.82, 2.24) is 14.9 Å². The molecule has 0 radical (unpaired) electrons. The molecule has 1 fully saturated rings. The van der Waals surface area contributed by atoms with Gasteiger partial charge in [0, 0.05) is 13.1 Å². The second-order valence-electron chi connectivity index (χ2n) is 4.91. The molecule has 1 aliphatic rings. The summed E-state index contributed by atoms with van der Waals surface area (Å²) in [5.41, 5.74) is -0.896.